The Morgan fingerprint density at radius 2 is 1.71 bits per heavy atom. The van der Waals surface area contributed by atoms with E-state index in [1.54, 1.807) is 12.1 Å². The van der Waals surface area contributed by atoms with Gasteiger partial charge in [-0.15, -0.1) is 0 Å². The Bertz CT molecular complexity index is 921. The number of carbonyl (C=O) groups is 5. The van der Waals surface area contributed by atoms with Gasteiger partial charge in [0.1, 0.15) is 23.9 Å². The molecule has 1 aromatic carbocycles. The van der Waals surface area contributed by atoms with Crippen LogP contribution in [0.5, 0.6) is 5.75 Å². The van der Waals surface area contributed by atoms with Gasteiger partial charge in [0, 0.05) is 6.54 Å². The minimum Gasteiger partial charge on any atom is -0.508 e. The average Bonchev–Trinajstić information content (AvgIpc) is 3.27. The molecule has 0 aromatic heterocycles. The number of aliphatic hydroxyl groups excluding tert-OH is 1. The zero-order valence-corrected chi connectivity index (χ0v) is 18.2. The summed E-state index contributed by atoms with van der Waals surface area (Å²) in [4.78, 5) is 61.6. The van der Waals surface area contributed by atoms with Crippen LogP contribution in [0.2, 0.25) is 0 Å². The molecule has 1 saturated heterocycles. The zero-order chi connectivity index (χ0) is 25.4. The highest BCUT2D eigenvalue weighted by Gasteiger charge is 2.38. The SMILES string of the molecule is NC(Cc1ccc(O)cc1)C(=O)N1CCCC1C(=O)NC(CC(=O)O)C(=O)NC(CO)C(=O)O. The van der Waals surface area contributed by atoms with E-state index in [1.807, 2.05) is 5.32 Å². The van der Waals surface area contributed by atoms with Crippen LogP contribution >= 0.6 is 0 Å². The minimum atomic E-state index is -1.68. The average molecular weight is 480 g/mol. The van der Waals surface area contributed by atoms with Crippen molar-refractivity contribution < 1.29 is 44.4 Å². The Labute approximate surface area is 194 Å². The van der Waals surface area contributed by atoms with E-state index in [0.29, 0.717) is 12.0 Å². The summed E-state index contributed by atoms with van der Waals surface area (Å²) in [6.45, 7) is -0.694. The van der Waals surface area contributed by atoms with E-state index in [4.69, 9.17) is 21.1 Å². The Morgan fingerprint density at radius 1 is 1.06 bits per heavy atom. The molecule has 8 N–H and O–H groups in total. The number of amides is 3. The molecule has 1 fully saturated rings. The summed E-state index contributed by atoms with van der Waals surface area (Å²) in [6.07, 6.45) is 0.0680. The van der Waals surface area contributed by atoms with Gasteiger partial charge in [-0.05, 0) is 37.0 Å². The van der Waals surface area contributed by atoms with Crippen molar-refractivity contribution in [2.75, 3.05) is 13.2 Å². The summed E-state index contributed by atoms with van der Waals surface area (Å²) in [5, 5.41) is 40.7. The van der Waals surface area contributed by atoms with Crippen LogP contribution in [0.1, 0.15) is 24.8 Å². The van der Waals surface area contributed by atoms with Gasteiger partial charge in [0.25, 0.3) is 0 Å². The Kier molecular flexibility index (Phi) is 9.33. The van der Waals surface area contributed by atoms with Crippen LogP contribution in [-0.2, 0) is 30.4 Å². The molecule has 1 aromatic rings. The molecular weight excluding hydrogens is 452 g/mol. The van der Waals surface area contributed by atoms with Crippen molar-refractivity contribution >= 4 is 29.7 Å². The van der Waals surface area contributed by atoms with E-state index in [1.165, 1.54) is 17.0 Å². The van der Waals surface area contributed by atoms with Gasteiger partial charge < -0.3 is 41.7 Å². The number of aliphatic hydroxyl groups is 1. The van der Waals surface area contributed by atoms with Crippen molar-refractivity contribution in [2.24, 2.45) is 5.73 Å². The summed E-state index contributed by atoms with van der Waals surface area (Å²) in [5.41, 5.74) is 6.74. The maximum Gasteiger partial charge on any atom is 0.328 e. The van der Waals surface area contributed by atoms with Crippen molar-refractivity contribution in [2.45, 2.75) is 49.9 Å². The second-order valence-electron chi connectivity index (χ2n) is 7.91. The van der Waals surface area contributed by atoms with E-state index < -0.39 is 66.9 Å². The van der Waals surface area contributed by atoms with Gasteiger partial charge in [-0.25, -0.2) is 4.79 Å². The number of nitrogens with one attached hydrogen (secondary N) is 2. The third-order valence-corrected chi connectivity index (χ3v) is 5.36. The first-order chi connectivity index (χ1) is 16.0. The van der Waals surface area contributed by atoms with E-state index in [2.05, 4.69) is 5.32 Å². The number of rotatable bonds is 11. The van der Waals surface area contributed by atoms with E-state index in [0.717, 1.165) is 0 Å². The summed E-state index contributed by atoms with van der Waals surface area (Å²) >= 11 is 0. The number of carboxylic acid groups (broad SMARTS) is 2. The molecule has 1 aliphatic rings. The van der Waals surface area contributed by atoms with Crippen LogP contribution < -0.4 is 16.4 Å². The van der Waals surface area contributed by atoms with Gasteiger partial charge in [0.15, 0.2) is 0 Å². The van der Waals surface area contributed by atoms with Crippen molar-refractivity contribution in [1.29, 1.82) is 0 Å². The molecule has 186 valence electrons. The predicted molar refractivity (Wildman–Crippen MR) is 115 cm³/mol. The number of benzene rings is 1. The number of hydrogen-bond acceptors (Lipinski definition) is 8. The highest BCUT2D eigenvalue weighted by atomic mass is 16.4. The van der Waals surface area contributed by atoms with Crippen LogP contribution in [0.4, 0.5) is 0 Å². The molecule has 0 radical (unpaired) electrons. The fourth-order valence-corrected chi connectivity index (χ4v) is 3.60. The fraction of sp³-hybridized carbons (Fsp3) is 0.476. The predicted octanol–water partition coefficient (Wildman–Crippen LogP) is -2.23. The highest BCUT2D eigenvalue weighted by molar-refractivity contribution is 5.95. The molecule has 13 heteroatoms. The molecule has 3 amide bonds. The lowest BCUT2D eigenvalue weighted by molar-refractivity contribution is -0.145. The molecule has 0 spiro atoms. The maximum absolute atomic E-state index is 12.9. The molecule has 0 saturated carbocycles. The van der Waals surface area contributed by atoms with Gasteiger partial charge in [-0.3, -0.25) is 19.2 Å². The topological polar surface area (TPSA) is 220 Å². The molecule has 2 rings (SSSR count). The first kappa shape index (κ1) is 26.5. The lowest BCUT2D eigenvalue weighted by atomic mass is 10.0. The number of hydrogen-bond donors (Lipinski definition) is 7. The number of nitrogens with zero attached hydrogens (tertiary/aromatic N) is 1. The standard InChI is InChI=1S/C21H28N4O9/c22-13(8-11-3-5-12(27)6-4-11)20(32)25-7-1-2-16(25)19(31)23-14(9-17(28)29)18(30)24-15(10-26)21(33)34/h3-6,13-16,26-27H,1-2,7-10,22H2,(H,23,31)(H,24,30)(H,28,29)(H,33,34). The summed E-state index contributed by atoms with van der Waals surface area (Å²) < 4.78 is 0. The quantitative estimate of drug-likeness (QED) is 0.181. The monoisotopic (exact) mass is 480 g/mol. The summed E-state index contributed by atoms with van der Waals surface area (Å²) in [7, 11) is 0. The van der Waals surface area contributed by atoms with E-state index in [-0.39, 0.29) is 25.1 Å². The van der Waals surface area contributed by atoms with Gasteiger partial charge in [0.05, 0.1) is 19.1 Å². The van der Waals surface area contributed by atoms with Gasteiger partial charge in [0.2, 0.25) is 17.7 Å². The smallest absolute Gasteiger partial charge is 0.328 e. The second kappa shape index (κ2) is 12.0. The van der Waals surface area contributed by atoms with Crippen LogP contribution in [0.25, 0.3) is 0 Å². The number of likely N-dealkylation sites (tertiary alicyclic amines) is 1. The van der Waals surface area contributed by atoms with E-state index in [9.17, 15) is 29.1 Å². The Hall–Kier alpha value is -3.71. The largest absolute Gasteiger partial charge is 0.508 e. The lowest BCUT2D eigenvalue weighted by Gasteiger charge is -2.28. The third kappa shape index (κ3) is 7.15. The van der Waals surface area contributed by atoms with Gasteiger partial charge in [-0.1, -0.05) is 12.1 Å². The van der Waals surface area contributed by atoms with Crippen LogP contribution in [-0.4, -0.2) is 92.3 Å². The molecule has 1 heterocycles. The zero-order valence-electron chi connectivity index (χ0n) is 18.2. The number of carboxylic acids is 2. The number of carbonyl (C=O) groups excluding carboxylic acids is 3. The molecular formula is C21H28N4O9. The second-order valence-corrected chi connectivity index (χ2v) is 7.91. The summed E-state index contributed by atoms with van der Waals surface area (Å²) in [5.74, 6) is -5.28. The first-order valence-electron chi connectivity index (χ1n) is 10.5. The third-order valence-electron chi connectivity index (χ3n) is 5.36. The molecule has 4 unspecified atom stereocenters. The maximum atomic E-state index is 12.9. The molecule has 0 aliphatic carbocycles. The Morgan fingerprint density at radius 3 is 2.26 bits per heavy atom. The van der Waals surface area contributed by atoms with Gasteiger partial charge in [-0.2, -0.15) is 0 Å². The molecule has 4 atom stereocenters. The number of phenolic OH excluding ortho intramolecular Hbond substituents is 1. The number of aliphatic carboxylic acids is 2. The fourth-order valence-electron chi connectivity index (χ4n) is 3.60. The van der Waals surface area contributed by atoms with Crippen LogP contribution in [0.3, 0.4) is 0 Å². The number of aromatic hydroxyl groups is 1. The highest BCUT2D eigenvalue weighted by Crippen LogP contribution is 2.20. The van der Waals surface area contributed by atoms with E-state index >= 15 is 0 Å². The van der Waals surface area contributed by atoms with Gasteiger partial charge >= 0.3 is 11.9 Å². The number of nitrogens with two attached hydrogens (primary N) is 1. The molecule has 1 aliphatic heterocycles. The van der Waals surface area contributed by atoms with Crippen molar-refractivity contribution in [3.8, 4) is 5.75 Å². The first-order valence-corrected chi connectivity index (χ1v) is 10.5. The molecule has 34 heavy (non-hydrogen) atoms. The number of phenols is 1. The molecule has 13 nitrogen and oxygen atoms in total. The molecule has 0 bridgehead atoms. The summed E-state index contributed by atoms with van der Waals surface area (Å²) in [6, 6.07) is 0.873. The minimum absolute atomic E-state index is 0.0635. The Balaban J connectivity index is 2.07. The van der Waals surface area contributed by atoms with Crippen molar-refractivity contribution in [3.63, 3.8) is 0 Å². The lowest BCUT2D eigenvalue weighted by Crippen LogP contribution is -2.57. The van der Waals surface area contributed by atoms with Crippen LogP contribution in [0, 0.1) is 0 Å². The van der Waals surface area contributed by atoms with Crippen molar-refractivity contribution in [3.05, 3.63) is 29.8 Å². The van der Waals surface area contributed by atoms with Crippen LogP contribution in [0.15, 0.2) is 24.3 Å². The van der Waals surface area contributed by atoms with Crippen molar-refractivity contribution in [1.82, 2.24) is 15.5 Å². The normalized spacial score (nSPS) is 17.9.